The highest BCUT2D eigenvalue weighted by Crippen LogP contribution is 2.21. The maximum atomic E-state index is 12.7. The number of amides is 2. The number of esters is 1. The molecule has 1 atom stereocenters. The van der Waals surface area contributed by atoms with Crippen molar-refractivity contribution in [2.24, 2.45) is 11.8 Å². The molecule has 0 aromatic heterocycles. The lowest BCUT2D eigenvalue weighted by Gasteiger charge is -2.22. The molecular weight excluding hydrogens is 484 g/mol. The first-order valence-electron chi connectivity index (χ1n) is 13.2. The number of benzene rings is 2. The Balaban J connectivity index is 0.00000131. The molecule has 2 aromatic rings. The van der Waals surface area contributed by atoms with E-state index in [4.69, 9.17) is 9.84 Å². The number of rotatable bonds is 10. The molecule has 0 aliphatic carbocycles. The van der Waals surface area contributed by atoms with E-state index >= 15 is 0 Å². The van der Waals surface area contributed by atoms with E-state index in [1.165, 1.54) is 0 Å². The third-order valence-electron chi connectivity index (χ3n) is 4.59. The van der Waals surface area contributed by atoms with Crippen LogP contribution in [0.15, 0.2) is 42.5 Å². The Morgan fingerprint density at radius 1 is 0.974 bits per heavy atom. The van der Waals surface area contributed by atoms with Gasteiger partial charge in [-0.25, -0.2) is 0 Å². The van der Waals surface area contributed by atoms with Gasteiger partial charge >= 0.3 is 5.97 Å². The van der Waals surface area contributed by atoms with Crippen LogP contribution in [0.3, 0.4) is 0 Å². The van der Waals surface area contributed by atoms with Crippen molar-refractivity contribution in [3.05, 3.63) is 48.0 Å². The van der Waals surface area contributed by atoms with Gasteiger partial charge in [0, 0.05) is 13.7 Å². The number of fused-ring (bicyclic) bond motifs is 1. The summed E-state index contributed by atoms with van der Waals surface area (Å²) in [4.78, 5) is 36.7. The smallest absolute Gasteiger partial charge is 0.307 e. The standard InChI is InChI=1S/C23H30N2O4.C4H10.C3H8O2/c1-5-24-20(26)15-25-22(28)19(14-21(27)29-23(2,3)4)13-16-10-11-17-8-6-7-9-18(17)12-16;1-4(2)3;1-5-3-2-4/h6-12,19H,5,13-15H2,1-4H3,(H,24,26)(H,25,28);4H,1-3H3;4H,2-3H2,1H3. The lowest BCUT2D eigenvalue weighted by atomic mass is 9.93. The number of hydrogen-bond acceptors (Lipinski definition) is 6. The van der Waals surface area contributed by atoms with Gasteiger partial charge in [-0.2, -0.15) is 0 Å². The summed E-state index contributed by atoms with van der Waals surface area (Å²) in [6.07, 6.45) is 0.330. The maximum Gasteiger partial charge on any atom is 0.307 e. The first-order chi connectivity index (χ1) is 17.8. The molecule has 8 heteroatoms. The van der Waals surface area contributed by atoms with Crippen molar-refractivity contribution in [2.75, 3.05) is 33.4 Å². The Hall–Kier alpha value is -2.97. The van der Waals surface area contributed by atoms with Crippen LogP contribution in [0.2, 0.25) is 0 Å². The van der Waals surface area contributed by atoms with Gasteiger partial charge in [0.05, 0.1) is 32.1 Å². The quantitative estimate of drug-likeness (QED) is 0.394. The average molecular weight is 533 g/mol. The second-order valence-corrected chi connectivity index (χ2v) is 10.5. The van der Waals surface area contributed by atoms with Gasteiger partial charge in [0.25, 0.3) is 0 Å². The molecule has 3 N–H and O–H groups in total. The van der Waals surface area contributed by atoms with Crippen molar-refractivity contribution in [1.29, 1.82) is 0 Å². The molecular formula is C30H48N2O6. The monoisotopic (exact) mass is 532 g/mol. The molecule has 0 spiro atoms. The highest BCUT2D eigenvalue weighted by molar-refractivity contribution is 5.88. The zero-order valence-corrected chi connectivity index (χ0v) is 24.4. The summed E-state index contributed by atoms with van der Waals surface area (Å²) in [5, 5.41) is 15.4. The van der Waals surface area contributed by atoms with E-state index < -0.39 is 17.5 Å². The molecule has 0 radical (unpaired) electrons. The number of methoxy groups -OCH3 is 1. The van der Waals surface area contributed by atoms with Crippen LogP contribution in [0.4, 0.5) is 0 Å². The molecule has 1 unspecified atom stereocenters. The summed E-state index contributed by atoms with van der Waals surface area (Å²) in [5.74, 6) is -0.824. The Kier molecular flexibility index (Phi) is 17.7. The van der Waals surface area contributed by atoms with Gasteiger partial charge in [0.15, 0.2) is 0 Å². The predicted molar refractivity (Wildman–Crippen MR) is 153 cm³/mol. The van der Waals surface area contributed by atoms with E-state index in [1.54, 1.807) is 27.9 Å². The Morgan fingerprint density at radius 3 is 2.08 bits per heavy atom. The van der Waals surface area contributed by atoms with Crippen LogP contribution in [-0.2, 0) is 30.3 Å². The van der Waals surface area contributed by atoms with Crippen LogP contribution in [0.5, 0.6) is 0 Å². The predicted octanol–water partition coefficient (Wildman–Crippen LogP) is 4.27. The number of aliphatic hydroxyl groups is 1. The zero-order chi connectivity index (χ0) is 29.1. The molecule has 0 fully saturated rings. The highest BCUT2D eigenvalue weighted by Gasteiger charge is 2.26. The van der Waals surface area contributed by atoms with Gasteiger partial charge in [0.1, 0.15) is 5.60 Å². The molecule has 2 amide bonds. The first-order valence-corrected chi connectivity index (χ1v) is 13.2. The summed E-state index contributed by atoms with van der Waals surface area (Å²) < 4.78 is 9.83. The van der Waals surface area contributed by atoms with Gasteiger partial charge in [-0.05, 0) is 56.4 Å². The Morgan fingerprint density at radius 2 is 1.58 bits per heavy atom. The fraction of sp³-hybridized carbons (Fsp3) is 0.567. The minimum absolute atomic E-state index is 0.0503. The third-order valence-corrected chi connectivity index (χ3v) is 4.59. The number of ether oxygens (including phenoxy) is 2. The molecule has 0 heterocycles. The average Bonchev–Trinajstić information content (AvgIpc) is 2.81. The normalized spacial score (nSPS) is 11.4. The van der Waals surface area contributed by atoms with Crippen molar-refractivity contribution in [2.45, 2.75) is 66.9 Å². The molecule has 38 heavy (non-hydrogen) atoms. The Labute approximate surface area is 228 Å². The molecule has 0 aliphatic rings. The van der Waals surface area contributed by atoms with Crippen LogP contribution in [0, 0.1) is 11.8 Å². The minimum Gasteiger partial charge on any atom is -0.460 e. The van der Waals surface area contributed by atoms with Crippen LogP contribution in [0.1, 0.15) is 60.5 Å². The van der Waals surface area contributed by atoms with Gasteiger partial charge in [-0.15, -0.1) is 0 Å². The van der Waals surface area contributed by atoms with Crippen molar-refractivity contribution in [3.8, 4) is 0 Å². The second-order valence-electron chi connectivity index (χ2n) is 10.5. The van der Waals surface area contributed by atoms with E-state index in [0.29, 0.717) is 19.6 Å². The molecule has 0 bridgehead atoms. The number of carbonyl (C=O) groups is 3. The first kappa shape index (κ1) is 35.0. The number of hydrogen-bond donors (Lipinski definition) is 3. The van der Waals surface area contributed by atoms with E-state index in [-0.39, 0.29) is 31.4 Å². The summed E-state index contributed by atoms with van der Waals surface area (Å²) in [5.41, 5.74) is 0.327. The fourth-order valence-electron chi connectivity index (χ4n) is 3.15. The van der Waals surface area contributed by atoms with Crippen molar-refractivity contribution < 1.29 is 29.0 Å². The van der Waals surface area contributed by atoms with Gasteiger partial charge in [0.2, 0.25) is 11.8 Å². The van der Waals surface area contributed by atoms with Gasteiger partial charge in [-0.1, -0.05) is 63.2 Å². The summed E-state index contributed by atoms with van der Waals surface area (Å²) in [7, 11) is 1.55. The third kappa shape index (κ3) is 17.5. The number of aliphatic hydroxyl groups excluding tert-OH is 1. The lowest BCUT2D eigenvalue weighted by Crippen LogP contribution is -2.41. The summed E-state index contributed by atoms with van der Waals surface area (Å²) in [6, 6.07) is 14.0. The largest absolute Gasteiger partial charge is 0.460 e. The zero-order valence-electron chi connectivity index (χ0n) is 24.4. The molecule has 214 valence electrons. The van der Waals surface area contributed by atoms with Gasteiger partial charge < -0.3 is 25.2 Å². The van der Waals surface area contributed by atoms with Crippen LogP contribution >= 0.6 is 0 Å². The summed E-state index contributed by atoms with van der Waals surface area (Å²) in [6.45, 7) is 14.6. The minimum atomic E-state index is -0.625. The lowest BCUT2D eigenvalue weighted by molar-refractivity contribution is -0.157. The Bertz CT molecular complexity index is 964. The van der Waals surface area contributed by atoms with Crippen molar-refractivity contribution >= 4 is 28.6 Å². The SMILES string of the molecule is CC(C)C.CCNC(=O)CNC(=O)C(CC(=O)OC(C)(C)C)Cc1ccc2ccccc2c1.COCCO. The topological polar surface area (TPSA) is 114 Å². The number of carbonyl (C=O) groups excluding carboxylic acids is 3. The van der Waals surface area contributed by atoms with E-state index in [9.17, 15) is 14.4 Å². The van der Waals surface area contributed by atoms with Crippen LogP contribution < -0.4 is 10.6 Å². The van der Waals surface area contributed by atoms with Crippen LogP contribution in [-0.4, -0.2) is 61.9 Å². The van der Waals surface area contributed by atoms with E-state index in [0.717, 1.165) is 22.3 Å². The highest BCUT2D eigenvalue weighted by atomic mass is 16.6. The molecule has 0 saturated carbocycles. The molecule has 2 aromatic carbocycles. The van der Waals surface area contributed by atoms with E-state index in [2.05, 4.69) is 36.1 Å². The summed E-state index contributed by atoms with van der Waals surface area (Å²) >= 11 is 0. The van der Waals surface area contributed by atoms with Crippen LogP contribution in [0.25, 0.3) is 10.8 Å². The molecule has 2 rings (SSSR count). The second kappa shape index (κ2) is 19.2. The molecule has 0 saturated heterocycles. The van der Waals surface area contributed by atoms with Crippen molar-refractivity contribution in [3.63, 3.8) is 0 Å². The fourth-order valence-corrected chi connectivity index (χ4v) is 3.15. The maximum absolute atomic E-state index is 12.7. The van der Waals surface area contributed by atoms with Crippen molar-refractivity contribution in [1.82, 2.24) is 10.6 Å². The van der Waals surface area contributed by atoms with E-state index in [1.807, 2.05) is 49.4 Å². The number of nitrogens with one attached hydrogen (secondary N) is 2. The van der Waals surface area contributed by atoms with Gasteiger partial charge in [-0.3, -0.25) is 14.4 Å². The molecule has 8 nitrogen and oxygen atoms in total. The number of likely N-dealkylation sites (N-methyl/N-ethyl adjacent to an activating group) is 1. The molecule has 0 aliphatic heterocycles.